The highest BCUT2D eigenvalue weighted by Gasteiger charge is 2.28. The van der Waals surface area contributed by atoms with Gasteiger partial charge in [0.1, 0.15) is 5.75 Å². The van der Waals surface area contributed by atoms with Crippen molar-refractivity contribution in [3.8, 4) is 5.75 Å². The number of aliphatic hydroxyl groups is 1. The molecule has 2 fully saturated rings. The Hall–Kier alpha value is -2.88. The summed E-state index contributed by atoms with van der Waals surface area (Å²) >= 11 is 0. The van der Waals surface area contributed by atoms with Gasteiger partial charge in [-0.15, -0.1) is 0 Å². The highest BCUT2D eigenvalue weighted by Crippen LogP contribution is 2.27. The van der Waals surface area contributed by atoms with E-state index in [9.17, 15) is 14.1 Å². The lowest BCUT2D eigenvalue weighted by Gasteiger charge is -2.36. The molecule has 5 rings (SSSR count). The topological polar surface area (TPSA) is 79.3 Å². The van der Waals surface area contributed by atoms with Gasteiger partial charge in [-0.05, 0) is 61.2 Å². The second kappa shape index (κ2) is 14.5. The Morgan fingerprint density at radius 1 is 1.05 bits per heavy atom. The number of esters is 1. The number of aliphatic hydroxyl groups excluding tert-OH is 1. The molecule has 8 heteroatoms. The van der Waals surface area contributed by atoms with Gasteiger partial charge in [-0.2, -0.15) is 0 Å². The van der Waals surface area contributed by atoms with Gasteiger partial charge in [0.2, 0.25) is 0 Å². The first-order valence-corrected chi connectivity index (χ1v) is 16.2. The molecule has 1 aliphatic carbocycles. The molecule has 2 aliphatic heterocycles. The Kier molecular flexibility index (Phi) is 10.6. The van der Waals surface area contributed by atoms with Crippen molar-refractivity contribution < 1.29 is 23.6 Å². The SMILES string of the molecule is CC1(CN2CCOCC2)C=CC=C(C(=O)Oc2ccc(S(=O)CCN3CC[C@H](Cc4ccccc4)[C@H](O)C3)cc2)C=C1. The van der Waals surface area contributed by atoms with Gasteiger partial charge in [0, 0.05) is 48.8 Å². The quantitative estimate of drug-likeness (QED) is 0.331. The number of carbonyl (C=O) groups is 1. The molecule has 42 heavy (non-hydrogen) atoms. The molecule has 2 aromatic rings. The minimum absolute atomic E-state index is 0.183. The smallest absolute Gasteiger partial charge is 0.343 e. The Morgan fingerprint density at radius 3 is 2.55 bits per heavy atom. The number of piperidine rings is 1. The lowest BCUT2D eigenvalue weighted by Crippen LogP contribution is -2.45. The first kappa shape index (κ1) is 30.6. The lowest BCUT2D eigenvalue weighted by atomic mass is 9.88. The summed E-state index contributed by atoms with van der Waals surface area (Å²) in [5, 5.41) is 10.7. The summed E-state index contributed by atoms with van der Waals surface area (Å²) in [6, 6.07) is 17.2. The van der Waals surface area contributed by atoms with Crippen LogP contribution in [0.3, 0.4) is 0 Å². The molecular formula is C34H42N2O5S. The molecular weight excluding hydrogens is 548 g/mol. The Bertz CT molecular complexity index is 1300. The van der Waals surface area contributed by atoms with Gasteiger partial charge in [-0.3, -0.25) is 14.0 Å². The molecule has 2 aromatic carbocycles. The summed E-state index contributed by atoms with van der Waals surface area (Å²) in [5.74, 6) is 0.740. The molecule has 7 nitrogen and oxygen atoms in total. The maximum Gasteiger partial charge on any atom is 0.343 e. The predicted octanol–water partition coefficient (Wildman–Crippen LogP) is 4.02. The van der Waals surface area contributed by atoms with Crippen LogP contribution in [-0.4, -0.2) is 89.4 Å². The zero-order valence-electron chi connectivity index (χ0n) is 24.4. The number of morpholine rings is 1. The minimum atomic E-state index is -1.18. The number of carbonyl (C=O) groups excluding carboxylic acids is 1. The van der Waals surface area contributed by atoms with E-state index >= 15 is 0 Å². The average molecular weight is 591 g/mol. The molecule has 0 amide bonds. The summed E-state index contributed by atoms with van der Waals surface area (Å²) in [6.07, 6.45) is 11.2. The molecule has 0 bridgehead atoms. The molecule has 0 aromatic heterocycles. The van der Waals surface area contributed by atoms with E-state index in [1.54, 1.807) is 30.3 Å². The number of benzene rings is 2. The van der Waals surface area contributed by atoms with Crippen LogP contribution in [0.1, 0.15) is 18.9 Å². The first-order valence-electron chi connectivity index (χ1n) is 14.9. The number of hydrogen-bond donors (Lipinski definition) is 1. The third-order valence-corrected chi connectivity index (χ3v) is 9.69. The molecule has 4 atom stereocenters. The van der Waals surface area contributed by atoms with Crippen LogP contribution < -0.4 is 4.74 Å². The Labute approximate surface area is 252 Å². The van der Waals surface area contributed by atoms with Crippen LogP contribution in [-0.2, 0) is 26.8 Å². The molecule has 2 heterocycles. The molecule has 0 radical (unpaired) electrons. The van der Waals surface area contributed by atoms with E-state index in [4.69, 9.17) is 9.47 Å². The zero-order chi connectivity index (χ0) is 29.4. The van der Waals surface area contributed by atoms with Crippen LogP contribution in [0.25, 0.3) is 0 Å². The average Bonchev–Trinajstić information content (AvgIpc) is 3.20. The number of rotatable bonds is 10. The number of allylic oxidation sites excluding steroid dienone is 2. The van der Waals surface area contributed by atoms with Gasteiger partial charge in [-0.1, -0.05) is 61.6 Å². The van der Waals surface area contributed by atoms with Gasteiger partial charge in [-0.25, -0.2) is 4.79 Å². The number of ether oxygens (including phenoxy) is 2. The normalized spacial score (nSPS) is 25.9. The first-order chi connectivity index (χ1) is 20.4. The Morgan fingerprint density at radius 2 is 1.81 bits per heavy atom. The van der Waals surface area contributed by atoms with Crippen LogP contribution in [0, 0.1) is 11.3 Å². The summed E-state index contributed by atoms with van der Waals surface area (Å²) in [4.78, 5) is 18.2. The fourth-order valence-corrected chi connectivity index (χ4v) is 6.90. The fraction of sp³-hybridized carbons (Fsp3) is 0.441. The van der Waals surface area contributed by atoms with E-state index in [1.807, 2.05) is 30.4 Å². The summed E-state index contributed by atoms with van der Waals surface area (Å²) in [5.41, 5.74) is 1.56. The predicted molar refractivity (Wildman–Crippen MR) is 166 cm³/mol. The van der Waals surface area contributed by atoms with Crippen molar-refractivity contribution in [3.63, 3.8) is 0 Å². The van der Waals surface area contributed by atoms with Gasteiger partial charge >= 0.3 is 5.97 Å². The molecule has 3 aliphatic rings. The number of hydrogen-bond acceptors (Lipinski definition) is 7. The maximum atomic E-state index is 13.0. The standard InChI is InChI=1S/C34H42N2O5S/c1-34(26-36-18-21-40-22-19-36)15-5-8-28(13-16-34)33(38)41-30-9-11-31(12-10-30)42(39)23-20-35-17-14-29(32(37)25-35)24-27-6-3-2-4-7-27/h2-13,15-16,29,32,37H,14,17-26H2,1H3/t29-,32-,34?,42?/m1/s1. The van der Waals surface area contributed by atoms with E-state index in [1.165, 1.54) is 5.56 Å². The number of nitrogens with zero attached hydrogens (tertiary/aromatic N) is 2. The van der Waals surface area contributed by atoms with Crippen molar-refractivity contribution in [2.75, 3.05) is 58.2 Å². The van der Waals surface area contributed by atoms with Crippen molar-refractivity contribution in [1.82, 2.24) is 9.80 Å². The molecule has 224 valence electrons. The van der Waals surface area contributed by atoms with Gasteiger partial charge < -0.3 is 14.6 Å². The van der Waals surface area contributed by atoms with Crippen LogP contribution in [0.2, 0.25) is 0 Å². The van der Waals surface area contributed by atoms with Crippen LogP contribution in [0.5, 0.6) is 5.75 Å². The second-order valence-electron chi connectivity index (χ2n) is 11.7. The van der Waals surface area contributed by atoms with E-state index in [-0.39, 0.29) is 17.4 Å². The third kappa shape index (κ3) is 8.58. The molecule has 0 spiro atoms. The highest BCUT2D eigenvalue weighted by atomic mass is 32.2. The maximum absolute atomic E-state index is 13.0. The molecule has 0 saturated carbocycles. The summed E-state index contributed by atoms with van der Waals surface area (Å²) in [7, 11) is -1.18. The van der Waals surface area contributed by atoms with E-state index < -0.39 is 16.8 Å². The minimum Gasteiger partial charge on any atom is -0.423 e. The monoisotopic (exact) mass is 590 g/mol. The van der Waals surface area contributed by atoms with Crippen molar-refractivity contribution in [3.05, 3.63) is 96.1 Å². The van der Waals surface area contributed by atoms with Crippen LogP contribution in [0.4, 0.5) is 0 Å². The van der Waals surface area contributed by atoms with Crippen molar-refractivity contribution in [2.24, 2.45) is 11.3 Å². The zero-order valence-corrected chi connectivity index (χ0v) is 25.2. The second-order valence-corrected chi connectivity index (χ2v) is 13.3. The van der Waals surface area contributed by atoms with Gasteiger partial charge in [0.15, 0.2) is 0 Å². The number of likely N-dealkylation sites (tertiary alicyclic amines) is 1. The Balaban J connectivity index is 1.07. The van der Waals surface area contributed by atoms with E-state index in [0.717, 1.165) is 52.2 Å². The van der Waals surface area contributed by atoms with Gasteiger partial charge in [0.05, 0.1) is 35.7 Å². The molecule has 1 N–H and O–H groups in total. The fourth-order valence-electron chi connectivity index (χ4n) is 5.80. The van der Waals surface area contributed by atoms with Crippen molar-refractivity contribution in [1.29, 1.82) is 0 Å². The third-order valence-electron chi connectivity index (χ3n) is 8.34. The van der Waals surface area contributed by atoms with E-state index in [0.29, 0.717) is 35.1 Å². The van der Waals surface area contributed by atoms with Crippen LogP contribution >= 0.6 is 0 Å². The highest BCUT2D eigenvalue weighted by molar-refractivity contribution is 7.85. The summed E-state index contributed by atoms with van der Waals surface area (Å²) in [6.45, 7) is 8.53. The lowest BCUT2D eigenvalue weighted by molar-refractivity contribution is -0.129. The van der Waals surface area contributed by atoms with Crippen LogP contribution in [0.15, 0.2) is 95.4 Å². The number of β-amino-alcohol motifs (C(OH)–C–C–N with tert-alkyl or cyclic N) is 1. The van der Waals surface area contributed by atoms with Crippen molar-refractivity contribution in [2.45, 2.75) is 30.8 Å². The van der Waals surface area contributed by atoms with E-state index in [2.05, 4.69) is 41.0 Å². The largest absolute Gasteiger partial charge is 0.423 e. The van der Waals surface area contributed by atoms with Crippen molar-refractivity contribution >= 4 is 16.8 Å². The molecule has 2 unspecified atom stereocenters. The van der Waals surface area contributed by atoms with Gasteiger partial charge in [0.25, 0.3) is 0 Å². The molecule has 2 saturated heterocycles. The summed E-state index contributed by atoms with van der Waals surface area (Å²) < 4.78 is 24.1.